The molecule has 0 bridgehead atoms. The van der Waals surface area contributed by atoms with E-state index in [2.05, 4.69) is 0 Å². The van der Waals surface area contributed by atoms with Crippen LogP contribution in [0.25, 0.3) is 0 Å². The van der Waals surface area contributed by atoms with Gasteiger partial charge in [-0.3, -0.25) is 9.59 Å². The number of amides is 1. The molecule has 1 amide bonds. The number of anilines is 1. The Balaban J connectivity index is 1.40. The molecule has 2 aliphatic heterocycles. The number of carbonyl (C=O) groups excluding carboxylic acids is 2. The van der Waals surface area contributed by atoms with E-state index in [0.717, 1.165) is 29.0 Å². The molecule has 2 aromatic rings. The van der Waals surface area contributed by atoms with Crippen molar-refractivity contribution < 1.29 is 19.1 Å². The molecule has 2 aromatic carbocycles. The second-order valence-corrected chi connectivity index (χ2v) is 7.35. The predicted molar refractivity (Wildman–Crippen MR) is 102 cm³/mol. The lowest BCUT2D eigenvalue weighted by Gasteiger charge is -2.26. The first-order valence-electron chi connectivity index (χ1n) is 9.04. The number of benzene rings is 2. The van der Waals surface area contributed by atoms with Crippen molar-refractivity contribution in [1.82, 2.24) is 0 Å². The number of esters is 1. The highest BCUT2D eigenvalue weighted by Crippen LogP contribution is 2.31. The number of nitrogens with zero attached hydrogens (tertiary/aromatic N) is 1. The van der Waals surface area contributed by atoms with Crippen LogP contribution in [0.4, 0.5) is 5.69 Å². The van der Waals surface area contributed by atoms with Crippen LogP contribution in [0.5, 0.6) is 5.75 Å². The van der Waals surface area contributed by atoms with Crippen molar-refractivity contribution in [1.29, 1.82) is 0 Å². The van der Waals surface area contributed by atoms with Crippen molar-refractivity contribution >= 4 is 29.2 Å². The molecule has 2 atom stereocenters. The van der Waals surface area contributed by atoms with Crippen LogP contribution in [0.3, 0.4) is 0 Å². The molecule has 2 aliphatic rings. The summed E-state index contributed by atoms with van der Waals surface area (Å²) in [5, 5.41) is 0.600. The van der Waals surface area contributed by atoms with E-state index in [4.69, 9.17) is 21.1 Å². The maximum Gasteiger partial charge on any atom is 0.313 e. The zero-order chi connectivity index (χ0) is 19.0. The van der Waals surface area contributed by atoms with Gasteiger partial charge in [-0.15, -0.1) is 0 Å². The molecule has 0 unspecified atom stereocenters. The molecule has 0 saturated carbocycles. The molecular formula is C21H20ClNO4. The van der Waals surface area contributed by atoms with E-state index in [0.29, 0.717) is 18.0 Å². The lowest BCUT2D eigenvalue weighted by Crippen LogP contribution is -2.41. The molecule has 0 aromatic heterocycles. The maximum atomic E-state index is 12.8. The molecule has 0 N–H and O–H groups in total. The number of para-hydroxylation sites is 1. The minimum absolute atomic E-state index is 0.200. The zero-order valence-corrected chi connectivity index (χ0v) is 15.7. The highest BCUT2D eigenvalue weighted by Gasteiger charge is 2.33. The van der Waals surface area contributed by atoms with E-state index in [-0.39, 0.29) is 12.5 Å². The number of halogens is 1. The molecule has 5 nitrogen and oxygen atoms in total. The van der Waals surface area contributed by atoms with Crippen LogP contribution in [-0.4, -0.2) is 31.1 Å². The Morgan fingerprint density at radius 1 is 1.22 bits per heavy atom. The summed E-state index contributed by atoms with van der Waals surface area (Å²) in [5.74, 6) is -0.333. The van der Waals surface area contributed by atoms with E-state index in [9.17, 15) is 9.59 Å². The van der Waals surface area contributed by atoms with E-state index >= 15 is 0 Å². The molecule has 0 fully saturated rings. The van der Waals surface area contributed by atoms with E-state index in [1.807, 2.05) is 24.3 Å². The van der Waals surface area contributed by atoms with Crippen molar-refractivity contribution in [3.05, 3.63) is 58.6 Å². The minimum Gasteiger partial charge on any atom is -0.492 e. The predicted octanol–water partition coefficient (Wildman–Crippen LogP) is 3.41. The van der Waals surface area contributed by atoms with Gasteiger partial charge in [0.15, 0.2) is 6.10 Å². The van der Waals surface area contributed by atoms with Gasteiger partial charge in [0.25, 0.3) is 5.91 Å². The monoisotopic (exact) mass is 385 g/mol. The third-order valence-corrected chi connectivity index (χ3v) is 5.29. The van der Waals surface area contributed by atoms with Gasteiger partial charge in [0.2, 0.25) is 0 Å². The lowest BCUT2D eigenvalue weighted by molar-refractivity contribution is -0.159. The molecule has 4 rings (SSSR count). The molecule has 2 heterocycles. The van der Waals surface area contributed by atoms with Crippen LogP contribution in [0.15, 0.2) is 42.5 Å². The normalized spacial score (nSPS) is 18.9. The smallest absolute Gasteiger partial charge is 0.313 e. The summed E-state index contributed by atoms with van der Waals surface area (Å²) >= 11 is 6.02. The first-order chi connectivity index (χ1) is 13.0. The first-order valence-corrected chi connectivity index (χ1v) is 9.41. The summed E-state index contributed by atoms with van der Waals surface area (Å²) in [6.45, 7) is 2.47. The maximum absolute atomic E-state index is 12.8. The van der Waals surface area contributed by atoms with Gasteiger partial charge >= 0.3 is 5.97 Å². The number of fused-ring (bicyclic) bond motifs is 2. The fraction of sp³-hybridized carbons (Fsp3) is 0.333. The Morgan fingerprint density at radius 3 is 2.89 bits per heavy atom. The average Bonchev–Trinajstić information content (AvgIpc) is 3.10. The van der Waals surface area contributed by atoms with E-state index in [1.165, 1.54) is 0 Å². The van der Waals surface area contributed by atoms with Gasteiger partial charge in [0.1, 0.15) is 12.4 Å². The SMILES string of the molecule is C[C@H](OC(=O)[C@H]1COc2ccc(Cl)cc2C1)C(=O)N1CCc2ccccc21. The van der Waals surface area contributed by atoms with Crippen molar-refractivity contribution in [2.75, 3.05) is 18.1 Å². The molecule has 27 heavy (non-hydrogen) atoms. The summed E-state index contributed by atoms with van der Waals surface area (Å²) in [7, 11) is 0. The number of rotatable bonds is 3. The van der Waals surface area contributed by atoms with E-state index < -0.39 is 18.0 Å². The van der Waals surface area contributed by atoms with Gasteiger partial charge in [0.05, 0.1) is 5.92 Å². The largest absolute Gasteiger partial charge is 0.492 e. The summed E-state index contributed by atoms with van der Waals surface area (Å²) in [6, 6.07) is 13.2. The molecular weight excluding hydrogens is 366 g/mol. The number of ether oxygens (including phenoxy) is 2. The Hall–Kier alpha value is -2.53. The molecule has 6 heteroatoms. The van der Waals surface area contributed by atoms with Crippen LogP contribution < -0.4 is 9.64 Å². The van der Waals surface area contributed by atoms with Gasteiger partial charge < -0.3 is 14.4 Å². The molecule has 0 radical (unpaired) electrons. The average molecular weight is 386 g/mol. The van der Waals surface area contributed by atoms with Crippen LogP contribution in [0.2, 0.25) is 5.02 Å². The van der Waals surface area contributed by atoms with Crippen LogP contribution >= 0.6 is 11.6 Å². The molecule has 0 saturated heterocycles. The van der Waals surface area contributed by atoms with Gasteiger partial charge in [-0.1, -0.05) is 29.8 Å². The summed E-state index contributed by atoms with van der Waals surface area (Å²) in [6.07, 6.45) is 0.461. The topological polar surface area (TPSA) is 55.8 Å². The van der Waals surface area contributed by atoms with Crippen molar-refractivity contribution in [2.45, 2.75) is 25.9 Å². The van der Waals surface area contributed by atoms with Crippen molar-refractivity contribution in [2.24, 2.45) is 5.92 Å². The second kappa shape index (κ2) is 7.24. The minimum atomic E-state index is -0.843. The molecule has 0 spiro atoms. The number of carbonyl (C=O) groups is 2. The fourth-order valence-electron chi connectivity index (χ4n) is 3.62. The summed E-state index contributed by atoms with van der Waals surface area (Å²) in [4.78, 5) is 27.0. The zero-order valence-electron chi connectivity index (χ0n) is 15.0. The quantitative estimate of drug-likeness (QED) is 0.760. The number of hydrogen-bond donors (Lipinski definition) is 0. The standard InChI is InChI=1S/C21H20ClNO4/c1-13(20(24)23-9-8-14-4-2-3-5-18(14)23)27-21(25)16-10-15-11-17(22)6-7-19(15)26-12-16/h2-7,11,13,16H,8-10,12H2,1H3/t13-,16+/m0/s1. The highest BCUT2D eigenvalue weighted by molar-refractivity contribution is 6.30. The first kappa shape index (κ1) is 17.9. The van der Waals surface area contributed by atoms with Crippen LogP contribution in [0, 0.1) is 5.92 Å². The Kier molecular flexibility index (Phi) is 4.79. The van der Waals surface area contributed by atoms with Crippen LogP contribution in [-0.2, 0) is 27.2 Å². The summed E-state index contributed by atoms with van der Waals surface area (Å²) < 4.78 is 11.1. The lowest BCUT2D eigenvalue weighted by atomic mass is 9.97. The Morgan fingerprint density at radius 2 is 2.04 bits per heavy atom. The highest BCUT2D eigenvalue weighted by atomic mass is 35.5. The third kappa shape index (κ3) is 3.52. The fourth-order valence-corrected chi connectivity index (χ4v) is 3.82. The van der Waals surface area contributed by atoms with Crippen LogP contribution in [0.1, 0.15) is 18.1 Å². The second-order valence-electron chi connectivity index (χ2n) is 6.91. The molecule has 140 valence electrons. The summed E-state index contributed by atoms with van der Waals surface area (Å²) in [5.41, 5.74) is 2.91. The molecule has 0 aliphatic carbocycles. The Labute approximate surface area is 162 Å². The van der Waals surface area contributed by atoms with Gasteiger partial charge in [-0.05, 0) is 55.2 Å². The van der Waals surface area contributed by atoms with Gasteiger partial charge in [0, 0.05) is 17.3 Å². The Bertz CT molecular complexity index is 898. The number of hydrogen-bond acceptors (Lipinski definition) is 4. The van der Waals surface area contributed by atoms with Crippen molar-refractivity contribution in [3.63, 3.8) is 0 Å². The van der Waals surface area contributed by atoms with Crippen molar-refractivity contribution in [3.8, 4) is 5.75 Å². The van der Waals surface area contributed by atoms with E-state index in [1.54, 1.807) is 30.0 Å². The van der Waals surface area contributed by atoms with Gasteiger partial charge in [-0.25, -0.2) is 0 Å². The third-order valence-electron chi connectivity index (χ3n) is 5.06. The van der Waals surface area contributed by atoms with Gasteiger partial charge in [-0.2, -0.15) is 0 Å².